The molecule has 2 N–H and O–H groups in total. The monoisotopic (exact) mass is 149 g/mol. The molecule has 0 aromatic heterocycles. The van der Waals surface area contributed by atoms with Crippen LogP contribution in [0.1, 0.15) is 6.42 Å². The van der Waals surface area contributed by atoms with Crippen molar-refractivity contribution in [2.45, 2.75) is 6.42 Å². The van der Waals surface area contributed by atoms with Gasteiger partial charge in [-0.15, -0.1) is 0 Å². The zero-order valence-corrected chi connectivity index (χ0v) is 5.82. The van der Waals surface area contributed by atoms with Crippen LogP contribution in [0.3, 0.4) is 0 Å². The topological polar surface area (TPSA) is 79.5 Å². The lowest BCUT2D eigenvalue weighted by atomic mass is 10.1. The molecule has 0 aromatic rings. The fourth-order valence-electron chi connectivity index (χ4n) is 0.793. The maximum absolute atomic E-state index is 10.5. The van der Waals surface area contributed by atoms with Gasteiger partial charge in [-0.1, -0.05) is 6.08 Å². The van der Waals surface area contributed by atoms with Crippen LogP contribution in [0.25, 0.3) is 5.53 Å². The molecule has 1 aliphatic carbocycles. The van der Waals surface area contributed by atoms with Gasteiger partial charge in [-0.2, -0.15) is 4.79 Å². The fourth-order valence-corrected chi connectivity index (χ4v) is 0.793. The van der Waals surface area contributed by atoms with E-state index in [4.69, 9.17) is 11.3 Å². The Morgan fingerprint density at radius 2 is 2.36 bits per heavy atom. The van der Waals surface area contributed by atoms with Gasteiger partial charge in [-0.25, -0.2) is 0 Å². The zero-order chi connectivity index (χ0) is 8.27. The first kappa shape index (κ1) is 7.44. The number of primary amides is 1. The molecule has 0 radical (unpaired) electrons. The second kappa shape index (κ2) is 2.94. The standard InChI is InChI=1S/C7H7N3O/c8-7(11)5-1-3-6(10-9)4-2-5/h1-3H,4H2,(H2,8,11). The lowest BCUT2D eigenvalue weighted by Crippen LogP contribution is -2.14. The normalized spacial score (nSPS) is 15.6. The van der Waals surface area contributed by atoms with Crippen LogP contribution in [0.4, 0.5) is 0 Å². The van der Waals surface area contributed by atoms with Crippen molar-refractivity contribution in [1.82, 2.24) is 0 Å². The van der Waals surface area contributed by atoms with Crippen LogP contribution in [-0.2, 0) is 4.79 Å². The lowest BCUT2D eigenvalue weighted by molar-refractivity contribution is -0.114. The summed E-state index contributed by atoms with van der Waals surface area (Å²) in [6, 6.07) is 0. The van der Waals surface area contributed by atoms with Crippen molar-refractivity contribution in [2.24, 2.45) is 5.73 Å². The molecule has 0 heterocycles. The first-order chi connectivity index (χ1) is 5.24. The number of rotatable bonds is 1. The molecule has 1 amide bonds. The minimum Gasteiger partial charge on any atom is -0.366 e. The molecule has 1 rings (SSSR count). The van der Waals surface area contributed by atoms with Gasteiger partial charge in [-0.05, 0) is 6.08 Å². The molecule has 0 atom stereocenters. The quantitative estimate of drug-likeness (QED) is 0.414. The van der Waals surface area contributed by atoms with E-state index < -0.39 is 5.91 Å². The first-order valence-corrected chi connectivity index (χ1v) is 3.13. The van der Waals surface area contributed by atoms with Crippen molar-refractivity contribution >= 4 is 11.6 Å². The summed E-state index contributed by atoms with van der Waals surface area (Å²) in [6.45, 7) is 0. The largest absolute Gasteiger partial charge is 0.366 e. The summed E-state index contributed by atoms with van der Waals surface area (Å²) in [5, 5.41) is 0. The van der Waals surface area contributed by atoms with E-state index in [0.717, 1.165) is 0 Å². The van der Waals surface area contributed by atoms with Crippen LogP contribution >= 0.6 is 0 Å². The Hall–Kier alpha value is -1.67. The van der Waals surface area contributed by atoms with Crippen LogP contribution in [0.2, 0.25) is 0 Å². The molecule has 0 aromatic carbocycles. The predicted octanol–water partition coefficient (Wildman–Crippen LogP) is 0.0288. The van der Waals surface area contributed by atoms with E-state index in [2.05, 4.69) is 4.79 Å². The van der Waals surface area contributed by atoms with Gasteiger partial charge in [0.1, 0.15) is 0 Å². The van der Waals surface area contributed by atoms with Gasteiger partial charge in [0.2, 0.25) is 5.91 Å². The number of amides is 1. The second-order valence-electron chi connectivity index (χ2n) is 2.15. The minimum absolute atomic E-state index is 0.450. The minimum atomic E-state index is -0.460. The molecular weight excluding hydrogens is 142 g/mol. The van der Waals surface area contributed by atoms with Crippen LogP contribution < -0.4 is 5.73 Å². The van der Waals surface area contributed by atoms with Gasteiger partial charge in [0, 0.05) is 11.6 Å². The molecule has 4 heteroatoms. The van der Waals surface area contributed by atoms with Gasteiger partial charge in [-0.3, -0.25) is 4.79 Å². The third-order valence-corrected chi connectivity index (χ3v) is 1.40. The van der Waals surface area contributed by atoms with Gasteiger partial charge in [0.15, 0.2) is 0 Å². The lowest BCUT2D eigenvalue weighted by Gasteiger charge is -1.97. The third kappa shape index (κ3) is 1.63. The van der Waals surface area contributed by atoms with E-state index in [0.29, 0.717) is 17.7 Å². The average molecular weight is 149 g/mol. The van der Waals surface area contributed by atoms with E-state index in [9.17, 15) is 4.79 Å². The molecule has 0 saturated carbocycles. The molecule has 0 aliphatic heterocycles. The Morgan fingerprint density at radius 3 is 2.73 bits per heavy atom. The summed E-state index contributed by atoms with van der Waals surface area (Å²) in [4.78, 5) is 13.5. The molecular formula is C7H7N3O. The maximum Gasteiger partial charge on any atom is 0.295 e. The molecule has 0 unspecified atom stereocenters. The van der Waals surface area contributed by atoms with E-state index in [1.165, 1.54) is 6.08 Å². The Labute approximate surface area is 63.6 Å². The number of carbonyl (C=O) groups excluding carboxylic acids is 1. The summed E-state index contributed by atoms with van der Waals surface area (Å²) < 4.78 is 0. The van der Waals surface area contributed by atoms with Crippen molar-refractivity contribution in [3.8, 4) is 0 Å². The van der Waals surface area contributed by atoms with Gasteiger partial charge in [0.05, 0.1) is 6.42 Å². The molecule has 1 aliphatic rings. The molecule has 0 saturated heterocycles. The summed E-state index contributed by atoms with van der Waals surface area (Å²) in [6.07, 6.45) is 5.16. The highest BCUT2D eigenvalue weighted by atomic mass is 16.1. The molecule has 56 valence electrons. The van der Waals surface area contributed by atoms with E-state index in [1.54, 1.807) is 12.2 Å². The summed E-state index contributed by atoms with van der Waals surface area (Å²) in [7, 11) is 0. The van der Waals surface area contributed by atoms with Crippen molar-refractivity contribution in [2.75, 3.05) is 0 Å². The van der Waals surface area contributed by atoms with Crippen molar-refractivity contribution in [3.05, 3.63) is 29.3 Å². The van der Waals surface area contributed by atoms with Crippen LogP contribution in [-0.4, -0.2) is 16.4 Å². The number of nitrogens with two attached hydrogens (primary N) is 1. The number of hydrogen-bond donors (Lipinski definition) is 1. The Kier molecular flexibility index (Phi) is 1.99. The second-order valence-corrected chi connectivity index (χ2v) is 2.15. The highest BCUT2D eigenvalue weighted by Crippen LogP contribution is 2.05. The van der Waals surface area contributed by atoms with Crippen molar-refractivity contribution < 1.29 is 9.58 Å². The molecule has 0 spiro atoms. The molecule has 0 fully saturated rings. The Bertz CT molecular complexity index is 295. The van der Waals surface area contributed by atoms with Gasteiger partial charge < -0.3 is 11.3 Å². The number of allylic oxidation sites excluding steroid dienone is 2. The number of carbonyl (C=O) groups is 1. The Balaban J connectivity index is 2.83. The predicted molar refractivity (Wildman–Crippen MR) is 39.7 cm³/mol. The highest BCUT2D eigenvalue weighted by molar-refractivity contribution is 6.01. The van der Waals surface area contributed by atoms with Crippen molar-refractivity contribution in [1.29, 1.82) is 0 Å². The third-order valence-electron chi connectivity index (χ3n) is 1.40. The average Bonchev–Trinajstić information content (AvgIpc) is 2.05. The van der Waals surface area contributed by atoms with E-state index >= 15 is 0 Å². The first-order valence-electron chi connectivity index (χ1n) is 3.13. The van der Waals surface area contributed by atoms with Crippen LogP contribution in [0, 0.1) is 0 Å². The van der Waals surface area contributed by atoms with Gasteiger partial charge in [0.25, 0.3) is 5.71 Å². The maximum atomic E-state index is 10.5. The highest BCUT2D eigenvalue weighted by Gasteiger charge is 2.10. The Morgan fingerprint density at radius 1 is 1.64 bits per heavy atom. The smallest absolute Gasteiger partial charge is 0.295 e. The zero-order valence-electron chi connectivity index (χ0n) is 5.82. The number of nitrogens with zero attached hydrogens (tertiary/aromatic N) is 2. The molecule has 11 heavy (non-hydrogen) atoms. The number of hydrogen-bond acceptors (Lipinski definition) is 1. The van der Waals surface area contributed by atoms with E-state index in [1.807, 2.05) is 0 Å². The fraction of sp³-hybridized carbons (Fsp3) is 0.143. The van der Waals surface area contributed by atoms with Crippen molar-refractivity contribution in [3.63, 3.8) is 0 Å². The van der Waals surface area contributed by atoms with Crippen LogP contribution in [0.5, 0.6) is 0 Å². The summed E-state index contributed by atoms with van der Waals surface area (Å²) in [5.41, 5.74) is 14.3. The van der Waals surface area contributed by atoms with E-state index in [-0.39, 0.29) is 0 Å². The molecule has 4 nitrogen and oxygen atoms in total. The van der Waals surface area contributed by atoms with Crippen LogP contribution in [0.15, 0.2) is 23.8 Å². The molecule has 0 bridgehead atoms. The van der Waals surface area contributed by atoms with Gasteiger partial charge >= 0.3 is 0 Å². The summed E-state index contributed by atoms with van der Waals surface area (Å²) >= 11 is 0. The SMILES string of the molecule is [N-]=[N+]=C1C=CC(C(N)=O)=CC1. The summed E-state index contributed by atoms with van der Waals surface area (Å²) in [5.74, 6) is -0.460.